The van der Waals surface area contributed by atoms with Crippen LogP contribution in [0.25, 0.3) is 0 Å². The molecule has 1 aromatic carbocycles. The number of nitrogens with two attached hydrogens (primary N) is 1. The molecular weight excluding hydrogens is 256 g/mol. The van der Waals surface area contributed by atoms with E-state index in [1.807, 2.05) is 17.0 Å². The number of primary amides is 1. The third-order valence-electron chi connectivity index (χ3n) is 3.45. The molecular formula is C14H20N4O2. The summed E-state index contributed by atoms with van der Waals surface area (Å²) in [7, 11) is 3.46. The molecule has 2 rings (SSSR count). The molecule has 0 aliphatic carbocycles. The van der Waals surface area contributed by atoms with Crippen LogP contribution < -0.4 is 16.0 Å². The highest BCUT2D eigenvalue weighted by Crippen LogP contribution is 2.23. The molecule has 108 valence electrons. The second-order valence-corrected chi connectivity index (χ2v) is 5.03. The van der Waals surface area contributed by atoms with Crippen molar-refractivity contribution in [1.29, 1.82) is 0 Å². The van der Waals surface area contributed by atoms with Gasteiger partial charge in [0.1, 0.15) is 6.04 Å². The molecule has 0 bridgehead atoms. The van der Waals surface area contributed by atoms with Crippen molar-refractivity contribution in [2.45, 2.75) is 6.04 Å². The van der Waals surface area contributed by atoms with Crippen molar-refractivity contribution in [3.8, 4) is 0 Å². The molecule has 1 heterocycles. The van der Waals surface area contributed by atoms with Crippen molar-refractivity contribution in [2.24, 2.45) is 5.73 Å². The fourth-order valence-corrected chi connectivity index (χ4v) is 2.44. The predicted octanol–water partition coefficient (Wildman–Crippen LogP) is -0.348. The number of benzene rings is 1. The molecule has 6 heteroatoms. The van der Waals surface area contributed by atoms with E-state index < -0.39 is 5.91 Å². The molecule has 2 amide bonds. The minimum atomic E-state index is -0.477. The van der Waals surface area contributed by atoms with Crippen molar-refractivity contribution in [1.82, 2.24) is 10.2 Å². The summed E-state index contributed by atoms with van der Waals surface area (Å²) >= 11 is 0. The number of para-hydroxylation sites is 1. The zero-order valence-electron chi connectivity index (χ0n) is 11.8. The highest BCUT2D eigenvalue weighted by molar-refractivity contribution is 5.99. The number of likely N-dealkylation sites (N-methyl/N-ethyl adjacent to an activating group) is 1. The molecule has 6 nitrogen and oxygen atoms in total. The first-order valence-corrected chi connectivity index (χ1v) is 6.59. The van der Waals surface area contributed by atoms with Crippen LogP contribution >= 0.6 is 0 Å². The van der Waals surface area contributed by atoms with Crippen LogP contribution in [0.15, 0.2) is 24.3 Å². The van der Waals surface area contributed by atoms with E-state index in [2.05, 4.69) is 5.32 Å². The number of amides is 2. The van der Waals surface area contributed by atoms with Crippen molar-refractivity contribution in [3.63, 3.8) is 0 Å². The number of carbonyl (C=O) groups excluding carboxylic acids is 2. The lowest BCUT2D eigenvalue weighted by molar-refractivity contribution is -0.130. The zero-order chi connectivity index (χ0) is 14.7. The molecule has 1 saturated heterocycles. The van der Waals surface area contributed by atoms with Gasteiger partial charge in [0.2, 0.25) is 5.91 Å². The Kier molecular flexibility index (Phi) is 4.24. The summed E-state index contributed by atoms with van der Waals surface area (Å²) in [5, 5.41) is 3.21. The Morgan fingerprint density at radius 2 is 2.05 bits per heavy atom. The largest absolute Gasteiger partial charge is 0.366 e. The van der Waals surface area contributed by atoms with E-state index in [4.69, 9.17) is 5.73 Å². The zero-order valence-corrected chi connectivity index (χ0v) is 11.8. The summed E-state index contributed by atoms with van der Waals surface area (Å²) in [6, 6.07) is 6.83. The number of hydrogen-bond acceptors (Lipinski definition) is 4. The fourth-order valence-electron chi connectivity index (χ4n) is 2.44. The molecule has 1 aliphatic rings. The molecule has 0 spiro atoms. The second kappa shape index (κ2) is 5.92. The highest BCUT2D eigenvalue weighted by atomic mass is 16.2. The van der Waals surface area contributed by atoms with Gasteiger partial charge in [-0.3, -0.25) is 9.59 Å². The third-order valence-corrected chi connectivity index (χ3v) is 3.45. The van der Waals surface area contributed by atoms with Gasteiger partial charge in [-0.05, 0) is 12.1 Å². The van der Waals surface area contributed by atoms with Crippen LogP contribution in [0.2, 0.25) is 0 Å². The Bertz CT molecular complexity index is 516. The van der Waals surface area contributed by atoms with Gasteiger partial charge in [0.25, 0.3) is 5.91 Å². The molecule has 1 atom stereocenters. The predicted molar refractivity (Wildman–Crippen MR) is 77.7 cm³/mol. The number of rotatable bonds is 3. The Morgan fingerprint density at radius 1 is 1.35 bits per heavy atom. The lowest BCUT2D eigenvalue weighted by Crippen LogP contribution is -2.58. The van der Waals surface area contributed by atoms with Crippen molar-refractivity contribution >= 4 is 17.5 Å². The first-order valence-electron chi connectivity index (χ1n) is 6.59. The molecule has 1 aliphatic heterocycles. The lowest BCUT2D eigenvalue weighted by atomic mass is 10.1. The topological polar surface area (TPSA) is 78.7 Å². The molecule has 0 aromatic heterocycles. The maximum atomic E-state index is 12.3. The number of carbonyl (C=O) groups is 2. The fraction of sp³-hybridized carbons (Fsp3) is 0.429. The molecule has 3 N–H and O–H groups in total. The summed E-state index contributed by atoms with van der Waals surface area (Å²) in [5.74, 6) is -0.466. The quantitative estimate of drug-likeness (QED) is 0.791. The smallest absolute Gasteiger partial charge is 0.250 e. The first-order chi connectivity index (χ1) is 9.52. The number of anilines is 1. The minimum Gasteiger partial charge on any atom is -0.366 e. The van der Waals surface area contributed by atoms with Crippen LogP contribution in [-0.2, 0) is 4.79 Å². The van der Waals surface area contributed by atoms with Crippen molar-refractivity contribution in [3.05, 3.63) is 29.8 Å². The van der Waals surface area contributed by atoms with Crippen LogP contribution in [-0.4, -0.2) is 56.5 Å². The van der Waals surface area contributed by atoms with Crippen molar-refractivity contribution < 1.29 is 9.59 Å². The summed E-state index contributed by atoms with van der Waals surface area (Å²) in [5.41, 5.74) is 6.60. The SMILES string of the molecule is CN(C)C(=O)C1CNCCN1c1ccccc1C(N)=O. The second-order valence-electron chi connectivity index (χ2n) is 5.03. The van der Waals surface area contributed by atoms with E-state index in [9.17, 15) is 9.59 Å². The number of piperazine rings is 1. The maximum absolute atomic E-state index is 12.3. The van der Waals surface area contributed by atoms with Gasteiger partial charge in [-0.1, -0.05) is 12.1 Å². The third kappa shape index (κ3) is 2.75. The molecule has 1 fully saturated rings. The Balaban J connectivity index is 2.38. The molecule has 0 saturated carbocycles. The standard InChI is InChI=1S/C14H20N4O2/c1-17(2)14(20)12-9-16-7-8-18(12)11-6-4-3-5-10(11)13(15)19/h3-6,12,16H,7-9H2,1-2H3,(H2,15,19). The van der Waals surface area contributed by atoms with Gasteiger partial charge >= 0.3 is 0 Å². The van der Waals surface area contributed by atoms with Gasteiger partial charge in [-0.2, -0.15) is 0 Å². The van der Waals surface area contributed by atoms with E-state index in [0.29, 0.717) is 18.7 Å². The average Bonchev–Trinajstić information content (AvgIpc) is 2.46. The van der Waals surface area contributed by atoms with Crippen LogP contribution in [0.5, 0.6) is 0 Å². The molecule has 0 radical (unpaired) electrons. The van der Waals surface area contributed by atoms with Gasteiger partial charge in [-0.25, -0.2) is 0 Å². The summed E-state index contributed by atoms with van der Waals surface area (Å²) in [6.45, 7) is 1.99. The first kappa shape index (κ1) is 14.3. The van der Waals surface area contributed by atoms with E-state index in [1.165, 1.54) is 0 Å². The Hall–Kier alpha value is -2.08. The van der Waals surface area contributed by atoms with Gasteiger partial charge in [0.05, 0.1) is 11.3 Å². The highest BCUT2D eigenvalue weighted by Gasteiger charge is 2.31. The van der Waals surface area contributed by atoms with Crippen LogP contribution in [0.4, 0.5) is 5.69 Å². The normalized spacial score (nSPS) is 18.7. The monoisotopic (exact) mass is 276 g/mol. The van der Waals surface area contributed by atoms with Crippen LogP contribution in [0, 0.1) is 0 Å². The van der Waals surface area contributed by atoms with E-state index >= 15 is 0 Å². The average molecular weight is 276 g/mol. The number of nitrogens with one attached hydrogen (secondary N) is 1. The maximum Gasteiger partial charge on any atom is 0.250 e. The lowest BCUT2D eigenvalue weighted by Gasteiger charge is -2.38. The van der Waals surface area contributed by atoms with E-state index in [-0.39, 0.29) is 11.9 Å². The summed E-state index contributed by atoms with van der Waals surface area (Å²) < 4.78 is 0. The van der Waals surface area contributed by atoms with E-state index in [0.717, 1.165) is 12.2 Å². The van der Waals surface area contributed by atoms with Crippen LogP contribution in [0.1, 0.15) is 10.4 Å². The summed E-state index contributed by atoms with van der Waals surface area (Å²) in [4.78, 5) is 27.4. The van der Waals surface area contributed by atoms with Gasteiger partial charge in [-0.15, -0.1) is 0 Å². The number of nitrogens with zero attached hydrogens (tertiary/aromatic N) is 2. The summed E-state index contributed by atoms with van der Waals surface area (Å²) in [6.07, 6.45) is 0. The number of hydrogen-bond donors (Lipinski definition) is 2. The Morgan fingerprint density at radius 3 is 2.70 bits per heavy atom. The van der Waals surface area contributed by atoms with E-state index in [1.54, 1.807) is 31.1 Å². The van der Waals surface area contributed by atoms with Gasteiger partial charge in [0, 0.05) is 33.7 Å². The van der Waals surface area contributed by atoms with Gasteiger partial charge < -0.3 is 20.9 Å². The van der Waals surface area contributed by atoms with Gasteiger partial charge in [0.15, 0.2) is 0 Å². The van der Waals surface area contributed by atoms with Crippen molar-refractivity contribution in [2.75, 3.05) is 38.6 Å². The minimum absolute atomic E-state index is 0.0106. The Labute approximate surface area is 118 Å². The van der Waals surface area contributed by atoms with Crippen LogP contribution in [0.3, 0.4) is 0 Å². The molecule has 20 heavy (non-hydrogen) atoms. The molecule has 1 aromatic rings. The molecule has 1 unspecified atom stereocenters.